The largest absolute Gasteiger partial charge is 0.368 e. The molecule has 0 amide bonds. The number of aromatic nitrogens is 3. The van der Waals surface area contributed by atoms with E-state index in [1.54, 1.807) is 0 Å². The summed E-state index contributed by atoms with van der Waals surface area (Å²) in [4.78, 5) is 14.6. The molecule has 0 bridgehead atoms. The fourth-order valence-electron chi connectivity index (χ4n) is 4.68. The second-order valence-electron chi connectivity index (χ2n) is 8.64. The number of fused-ring (bicyclic) bond motifs is 2. The average Bonchev–Trinajstić information content (AvgIpc) is 3.23. The molecule has 1 aliphatic carbocycles. The van der Waals surface area contributed by atoms with Crippen LogP contribution in [-0.2, 0) is 13.0 Å². The van der Waals surface area contributed by atoms with E-state index >= 15 is 0 Å². The number of allylic oxidation sites excluding steroid dienone is 1. The van der Waals surface area contributed by atoms with E-state index in [4.69, 9.17) is 15.1 Å². The van der Waals surface area contributed by atoms with Gasteiger partial charge in [-0.3, -0.25) is 9.67 Å². The van der Waals surface area contributed by atoms with E-state index in [1.165, 1.54) is 28.2 Å². The maximum Gasteiger partial charge on any atom is 0.134 e. The fraction of sp³-hybridized carbons (Fsp3) is 0.522. The molecule has 7 heteroatoms. The molecule has 4 heterocycles. The van der Waals surface area contributed by atoms with Gasteiger partial charge in [-0.05, 0) is 43.4 Å². The molecular weight excluding hydrogens is 374 g/mol. The third-order valence-electron chi connectivity index (χ3n) is 6.30. The lowest BCUT2D eigenvalue weighted by Crippen LogP contribution is -2.43. The zero-order valence-corrected chi connectivity index (χ0v) is 18.2. The van der Waals surface area contributed by atoms with Crippen molar-refractivity contribution in [3.05, 3.63) is 41.4 Å². The minimum Gasteiger partial charge on any atom is -0.368 e. The van der Waals surface area contributed by atoms with E-state index in [0.29, 0.717) is 5.92 Å². The van der Waals surface area contributed by atoms with Crippen molar-refractivity contribution in [2.24, 2.45) is 10.9 Å². The summed E-state index contributed by atoms with van der Waals surface area (Å²) in [6.45, 7) is 11.6. The molecule has 0 spiro atoms. The molecule has 0 radical (unpaired) electrons. The third-order valence-corrected chi connectivity index (χ3v) is 6.30. The minimum atomic E-state index is 0.0391. The normalized spacial score (nSPS) is 21.3. The summed E-state index contributed by atoms with van der Waals surface area (Å²) in [5, 5.41) is 8.22. The summed E-state index contributed by atoms with van der Waals surface area (Å²) in [7, 11) is 0. The predicted octanol–water partition coefficient (Wildman–Crippen LogP) is 2.94. The first-order valence-electron chi connectivity index (χ1n) is 11.2. The number of hydrogen-bond donors (Lipinski definition) is 1. The lowest BCUT2D eigenvalue weighted by Gasteiger charge is -2.39. The summed E-state index contributed by atoms with van der Waals surface area (Å²) in [6, 6.07) is 4.37. The predicted molar refractivity (Wildman–Crippen MR) is 122 cm³/mol. The topological polar surface area (TPSA) is 61.6 Å². The highest BCUT2D eigenvalue weighted by atomic mass is 15.3. The Morgan fingerprint density at radius 3 is 2.70 bits per heavy atom. The van der Waals surface area contributed by atoms with Crippen molar-refractivity contribution >= 4 is 23.4 Å². The van der Waals surface area contributed by atoms with Gasteiger partial charge in [0, 0.05) is 50.7 Å². The summed E-state index contributed by atoms with van der Waals surface area (Å²) < 4.78 is 2.05. The Labute approximate surface area is 178 Å². The molecule has 3 aliphatic rings. The highest BCUT2D eigenvalue weighted by Crippen LogP contribution is 2.40. The van der Waals surface area contributed by atoms with Gasteiger partial charge in [-0.15, -0.1) is 0 Å². The van der Waals surface area contributed by atoms with Crippen LogP contribution in [0.3, 0.4) is 0 Å². The first-order valence-corrected chi connectivity index (χ1v) is 11.2. The molecule has 7 nitrogen and oxygen atoms in total. The van der Waals surface area contributed by atoms with Crippen LogP contribution >= 0.6 is 0 Å². The highest BCUT2D eigenvalue weighted by Gasteiger charge is 2.35. The highest BCUT2D eigenvalue weighted by molar-refractivity contribution is 5.99. The molecule has 1 saturated heterocycles. The van der Waals surface area contributed by atoms with Crippen molar-refractivity contribution in [2.45, 2.75) is 46.3 Å². The molecule has 0 aromatic carbocycles. The lowest BCUT2D eigenvalue weighted by atomic mass is 9.91. The van der Waals surface area contributed by atoms with Crippen molar-refractivity contribution < 1.29 is 0 Å². The van der Waals surface area contributed by atoms with Crippen LogP contribution < -0.4 is 15.1 Å². The second-order valence-corrected chi connectivity index (χ2v) is 8.64. The van der Waals surface area contributed by atoms with Crippen molar-refractivity contribution in [2.75, 3.05) is 36.0 Å². The van der Waals surface area contributed by atoms with Crippen molar-refractivity contribution in [1.29, 1.82) is 0 Å². The maximum absolute atomic E-state index is 4.94. The molecule has 1 N–H and O–H groups in total. The quantitative estimate of drug-likeness (QED) is 0.847. The van der Waals surface area contributed by atoms with Gasteiger partial charge >= 0.3 is 0 Å². The van der Waals surface area contributed by atoms with Crippen LogP contribution in [-0.4, -0.2) is 53.3 Å². The van der Waals surface area contributed by atoms with Crippen LogP contribution in [0.15, 0.2) is 35.1 Å². The Bertz CT molecular complexity index is 964. The van der Waals surface area contributed by atoms with E-state index < -0.39 is 0 Å². The van der Waals surface area contributed by atoms with Crippen molar-refractivity contribution in [3.8, 4) is 0 Å². The van der Waals surface area contributed by atoms with Crippen LogP contribution in [0.1, 0.15) is 38.4 Å². The number of hydrogen-bond acceptors (Lipinski definition) is 6. The molecular formula is C23H31N7. The maximum atomic E-state index is 4.94. The van der Waals surface area contributed by atoms with E-state index in [0.717, 1.165) is 51.4 Å². The molecule has 1 unspecified atom stereocenters. The van der Waals surface area contributed by atoms with Gasteiger partial charge in [0.05, 0.1) is 23.3 Å². The fourth-order valence-corrected chi connectivity index (χ4v) is 4.68. The Morgan fingerprint density at radius 2 is 2.00 bits per heavy atom. The molecule has 1 atom stereocenters. The van der Waals surface area contributed by atoms with Gasteiger partial charge < -0.3 is 15.1 Å². The number of rotatable bonds is 4. The summed E-state index contributed by atoms with van der Waals surface area (Å²) >= 11 is 0. The number of pyridine rings is 1. The monoisotopic (exact) mass is 405 g/mol. The molecule has 1 fully saturated rings. The van der Waals surface area contributed by atoms with E-state index in [-0.39, 0.29) is 6.17 Å². The molecule has 2 aromatic heterocycles. The molecule has 2 aliphatic heterocycles. The second kappa shape index (κ2) is 7.87. The van der Waals surface area contributed by atoms with Gasteiger partial charge in [0.2, 0.25) is 0 Å². The molecule has 2 aromatic rings. The standard InChI is InChI=1S/C23H31N7/c1-4-29-15-19-20(27-29)7-5-17-13-26-23(16(2)3)30(22(17)19)21-8-6-18(14-25-21)28-11-9-24-10-12-28/h6,8,13-16,23-24H,4-5,7,9-12H2,1-3H3. The number of aliphatic imine (C=N–C) groups is 1. The Balaban J connectivity index is 1.55. The van der Waals surface area contributed by atoms with Crippen LogP contribution in [0.4, 0.5) is 11.5 Å². The lowest BCUT2D eigenvalue weighted by molar-refractivity contribution is 0.497. The minimum absolute atomic E-state index is 0.0391. The zero-order valence-electron chi connectivity index (χ0n) is 18.2. The number of anilines is 2. The van der Waals surface area contributed by atoms with Gasteiger partial charge in [0.1, 0.15) is 12.0 Å². The SMILES string of the molecule is CCn1cc2c(n1)CCC1=C2N(c2ccc(N3CCNCC3)cn2)C(C(C)C)N=C1. The van der Waals surface area contributed by atoms with Crippen molar-refractivity contribution in [3.63, 3.8) is 0 Å². The summed E-state index contributed by atoms with van der Waals surface area (Å²) in [6.07, 6.45) is 8.31. The van der Waals surface area contributed by atoms with E-state index in [2.05, 4.69) is 65.1 Å². The molecule has 0 saturated carbocycles. The van der Waals surface area contributed by atoms with Gasteiger partial charge in [0.25, 0.3) is 0 Å². The third kappa shape index (κ3) is 3.31. The molecule has 158 valence electrons. The number of aryl methyl sites for hydroxylation is 2. The molecule has 5 rings (SSSR count). The molecule has 30 heavy (non-hydrogen) atoms. The summed E-state index contributed by atoms with van der Waals surface area (Å²) in [5.74, 6) is 1.34. The zero-order chi connectivity index (χ0) is 20.7. The van der Waals surface area contributed by atoms with Crippen molar-refractivity contribution in [1.82, 2.24) is 20.1 Å². The van der Waals surface area contributed by atoms with Gasteiger partial charge in [-0.25, -0.2) is 4.98 Å². The number of nitrogens with zero attached hydrogens (tertiary/aromatic N) is 6. The summed E-state index contributed by atoms with van der Waals surface area (Å²) in [5.41, 5.74) is 6.16. The van der Waals surface area contributed by atoms with Crippen LogP contribution in [0.5, 0.6) is 0 Å². The van der Waals surface area contributed by atoms with Gasteiger partial charge in [-0.1, -0.05) is 13.8 Å². The average molecular weight is 406 g/mol. The Kier molecular flexibility index (Phi) is 5.06. The Morgan fingerprint density at radius 1 is 1.17 bits per heavy atom. The van der Waals surface area contributed by atoms with Crippen LogP contribution in [0.2, 0.25) is 0 Å². The first-order chi connectivity index (χ1) is 14.7. The Hall–Kier alpha value is -2.67. The smallest absolute Gasteiger partial charge is 0.134 e. The first kappa shape index (κ1) is 19.3. The number of nitrogens with one attached hydrogen (secondary N) is 1. The van der Waals surface area contributed by atoms with E-state index in [1.807, 2.05) is 6.20 Å². The van der Waals surface area contributed by atoms with Crippen LogP contribution in [0, 0.1) is 5.92 Å². The van der Waals surface area contributed by atoms with Gasteiger partial charge in [0.15, 0.2) is 0 Å². The van der Waals surface area contributed by atoms with Gasteiger partial charge in [-0.2, -0.15) is 5.10 Å². The van der Waals surface area contributed by atoms with Crippen LogP contribution in [0.25, 0.3) is 5.70 Å². The van der Waals surface area contributed by atoms with E-state index in [9.17, 15) is 0 Å². The number of piperazine rings is 1.